The number of para-hydroxylation sites is 1. The standard InChI is InChI=1S/C17H19FN2O4S/c1-20(2)25(22,23)14-9-7-13(8-10-14)17(21)19-11-12-24-16-6-4-3-5-15(16)18/h3-10H,11-12H2,1-2H3,(H,19,21). The average Bonchev–Trinajstić information content (AvgIpc) is 2.60. The number of carbonyl (C=O) groups is 1. The monoisotopic (exact) mass is 366 g/mol. The largest absolute Gasteiger partial charge is 0.489 e. The van der Waals surface area contributed by atoms with Gasteiger partial charge in [0.2, 0.25) is 10.0 Å². The molecule has 1 N–H and O–H groups in total. The van der Waals surface area contributed by atoms with Crippen molar-refractivity contribution in [2.24, 2.45) is 0 Å². The van der Waals surface area contributed by atoms with Crippen molar-refractivity contribution in [3.8, 4) is 5.75 Å². The molecule has 1 amide bonds. The van der Waals surface area contributed by atoms with Crippen LogP contribution < -0.4 is 10.1 Å². The molecule has 0 saturated carbocycles. The third-order valence-corrected chi connectivity index (χ3v) is 5.21. The molecule has 0 spiro atoms. The fourth-order valence-electron chi connectivity index (χ4n) is 1.98. The Bertz CT molecular complexity index is 836. The molecule has 8 heteroatoms. The summed E-state index contributed by atoms with van der Waals surface area (Å²) < 4.78 is 43.6. The van der Waals surface area contributed by atoms with Crippen molar-refractivity contribution in [1.82, 2.24) is 9.62 Å². The van der Waals surface area contributed by atoms with Gasteiger partial charge in [0.1, 0.15) is 6.61 Å². The maximum atomic E-state index is 13.4. The summed E-state index contributed by atoms with van der Waals surface area (Å²) in [5, 5.41) is 2.62. The van der Waals surface area contributed by atoms with E-state index in [2.05, 4.69) is 5.32 Å². The molecule has 0 heterocycles. The number of hydrogen-bond acceptors (Lipinski definition) is 4. The normalized spacial score (nSPS) is 11.4. The molecule has 0 aliphatic carbocycles. The summed E-state index contributed by atoms with van der Waals surface area (Å²) in [7, 11) is -0.657. The SMILES string of the molecule is CN(C)S(=O)(=O)c1ccc(C(=O)NCCOc2ccccc2F)cc1. The molecule has 0 aromatic heterocycles. The number of ether oxygens (including phenoxy) is 1. The third-order valence-electron chi connectivity index (χ3n) is 3.38. The van der Waals surface area contributed by atoms with Crippen LogP contribution in [0.4, 0.5) is 4.39 Å². The molecule has 0 bridgehead atoms. The number of hydrogen-bond donors (Lipinski definition) is 1. The van der Waals surface area contributed by atoms with E-state index >= 15 is 0 Å². The van der Waals surface area contributed by atoms with Gasteiger partial charge >= 0.3 is 0 Å². The van der Waals surface area contributed by atoms with E-state index in [1.165, 1.54) is 50.5 Å². The molecule has 2 rings (SSSR count). The fraction of sp³-hybridized carbons (Fsp3) is 0.235. The Labute approximate surface area is 146 Å². The molecule has 25 heavy (non-hydrogen) atoms. The number of benzene rings is 2. The first-order chi connectivity index (χ1) is 11.8. The second-order valence-corrected chi connectivity index (χ2v) is 7.50. The maximum absolute atomic E-state index is 13.4. The summed E-state index contributed by atoms with van der Waals surface area (Å²) in [4.78, 5) is 12.1. The zero-order valence-electron chi connectivity index (χ0n) is 13.9. The van der Waals surface area contributed by atoms with Gasteiger partial charge in [-0.05, 0) is 36.4 Å². The topological polar surface area (TPSA) is 75.7 Å². The van der Waals surface area contributed by atoms with Crippen LogP contribution in [0.1, 0.15) is 10.4 Å². The Balaban J connectivity index is 1.88. The minimum atomic E-state index is -3.53. The number of amides is 1. The minimum Gasteiger partial charge on any atom is -0.489 e. The van der Waals surface area contributed by atoms with Crippen LogP contribution >= 0.6 is 0 Å². The van der Waals surface area contributed by atoms with Crippen molar-refractivity contribution >= 4 is 15.9 Å². The van der Waals surface area contributed by atoms with Crippen LogP contribution in [0.15, 0.2) is 53.4 Å². The first kappa shape index (κ1) is 18.9. The Morgan fingerprint density at radius 2 is 1.76 bits per heavy atom. The van der Waals surface area contributed by atoms with Gasteiger partial charge in [-0.15, -0.1) is 0 Å². The lowest BCUT2D eigenvalue weighted by Crippen LogP contribution is -2.28. The van der Waals surface area contributed by atoms with Gasteiger partial charge in [-0.3, -0.25) is 4.79 Å². The Kier molecular flexibility index (Phi) is 6.11. The number of carbonyl (C=O) groups excluding carboxylic acids is 1. The number of halogens is 1. The fourth-order valence-corrected chi connectivity index (χ4v) is 2.88. The molecular weight excluding hydrogens is 347 g/mol. The molecule has 0 unspecified atom stereocenters. The summed E-state index contributed by atoms with van der Waals surface area (Å²) >= 11 is 0. The lowest BCUT2D eigenvalue weighted by Gasteiger charge is -2.12. The quantitative estimate of drug-likeness (QED) is 0.760. The van der Waals surface area contributed by atoms with E-state index in [0.717, 1.165) is 4.31 Å². The molecule has 0 aliphatic heterocycles. The molecule has 0 radical (unpaired) electrons. The van der Waals surface area contributed by atoms with Crippen molar-refractivity contribution in [2.45, 2.75) is 4.90 Å². The van der Waals surface area contributed by atoms with Gasteiger partial charge < -0.3 is 10.1 Å². The average molecular weight is 366 g/mol. The van der Waals surface area contributed by atoms with E-state index in [1.54, 1.807) is 12.1 Å². The molecule has 0 fully saturated rings. The third kappa shape index (κ3) is 4.77. The van der Waals surface area contributed by atoms with Crippen molar-refractivity contribution in [1.29, 1.82) is 0 Å². The molecule has 0 saturated heterocycles. The highest BCUT2D eigenvalue weighted by Gasteiger charge is 2.17. The van der Waals surface area contributed by atoms with Gasteiger partial charge in [0, 0.05) is 19.7 Å². The van der Waals surface area contributed by atoms with Crippen LogP contribution in [0, 0.1) is 5.82 Å². The van der Waals surface area contributed by atoms with E-state index in [1.807, 2.05) is 0 Å². The van der Waals surface area contributed by atoms with Gasteiger partial charge in [0.05, 0.1) is 11.4 Å². The van der Waals surface area contributed by atoms with Gasteiger partial charge in [-0.1, -0.05) is 12.1 Å². The van der Waals surface area contributed by atoms with Gasteiger partial charge in [0.15, 0.2) is 11.6 Å². The van der Waals surface area contributed by atoms with E-state index in [0.29, 0.717) is 5.56 Å². The summed E-state index contributed by atoms with van der Waals surface area (Å²) in [6.45, 7) is 0.296. The van der Waals surface area contributed by atoms with Crippen molar-refractivity contribution in [3.05, 3.63) is 59.9 Å². The second-order valence-electron chi connectivity index (χ2n) is 5.35. The van der Waals surface area contributed by atoms with Gasteiger partial charge in [-0.2, -0.15) is 0 Å². The van der Waals surface area contributed by atoms with E-state index in [-0.39, 0.29) is 29.7 Å². The van der Waals surface area contributed by atoms with Crippen molar-refractivity contribution in [3.63, 3.8) is 0 Å². The molecule has 134 valence electrons. The van der Waals surface area contributed by atoms with Crippen LogP contribution in [0.25, 0.3) is 0 Å². The van der Waals surface area contributed by atoms with Crippen LogP contribution in [-0.2, 0) is 10.0 Å². The summed E-state index contributed by atoms with van der Waals surface area (Å²) in [6.07, 6.45) is 0. The summed E-state index contributed by atoms with van der Waals surface area (Å²) in [5.74, 6) is -0.715. The van der Waals surface area contributed by atoms with Crippen molar-refractivity contribution < 1.29 is 22.3 Å². The van der Waals surface area contributed by atoms with Gasteiger partial charge in [-0.25, -0.2) is 17.1 Å². The minimum absolute atomic E-state index is 0.108. The molecule has 0 atom stereocenters. The number of sulfonamides is 1. The van der Waals surface area contributed by atoms with Crippen molar-refractivity contribution in [2.75, 3.05) is 27.2 Å². The van der Waals surface area contributed by atoms with Crippen LogP contribution in [-0.4, -0.2) is 45.9 Å². The maximum Gasteiger partial charge on any atom is 0.251 e. The second kappa shape index (κ2) is 8.09. The Hall–Kier alpha value is -2.45. The molecular formula is C17H19FN2O4S. The smallest absolute Gasteiger partial charge is 0.251 e. The molecule has 6 nitrogen and oxygen atoms in total. The Morgan fingerprint density at radius 3 is 2.36 bits per heavy atom. The highest BCUT2D eigenvalue weighted by atomic mass is 32.2. The van der Waals surface area contributed by atoms with E-state index in [9.17, 15) is 17.6 Å². The first-order valence-corrected chi connectivity index (χ1v) is 8.94. The molecule has 2 aromatic carbocycles. The van der Waals surface area contributed by atoms with Crippen LogP contribution in [0.3, 0.4) is 0 Å². The van der Waals surface area contributed by atoms with Crippen LogP contribution in [0.2, 0.25) is 0 Å². The number of rotatable bonds is 7. The van der Waals surface area contributed by atoms with Crippen LogP contribution in [0.5, 0.6) is 5.75 Å². The predicted molar refractivity (Wildman–Crippen MR) is 91.5 cm³/mol. The summed E-state index contributed by atoms with van der Waals surface area (Å²) in [5.41, 5.74) is 0.323. The number of nitrogens with one attached hydrogen (secondary N) is 1. The highest BCUT2D eigenvalue weighted by molar-refractivity contribution is 7.89. The lowest BCUT2D eigenvalue weighted by atomic mass is 10.2. The zero-order valence-corrected chi connectivity index (χ0v) is 14.7. The Morgan fingerprint density at radius 1 is 1.12 bits per heavy atom. The number of nitrogens with zero attached hydrogens (tertiary/aromatic N) is 1. The molecule has 0 aliphatic rings. The molecule has 2 aromatic rings. The lowest BCUT2D eigenvalue weighted by molar-refractivity contribution is 0.0946. The van der Waals surface area contributed by atoms with E-state index < -0.39 is 15.8 Å². The zero-order chi connectivity index (χ0) is 18.4. The highest BCUT2D eigenvalue weighted by Crippen LogP contribution is 2.15. The first-order valence-electron chi connectivity index (χ1n) is 7.50. The van der Waals surface area contributed by atoms with Gasteiger partial charge in [0.25, 0.3) is 5.91 Å². The van der Waals surface area contributed by atoms with E-state index in [4.69, 9.17) is 4.74 Å². The summed E-state index contributed by atoms with van der Waals surface area (Å²) in [6, 6.07) is 11.6. The predicted octanol–water partition coefficient (Wildman–Crippen LogP) is 1.88.